The fourth-order valence-corrected chi connectivity index (χ4v) is 15.2. The molecule has 0 saturated carbocycles. The van der Waals surface area contributed by atoms with Gasteiger partial charge in [0.2, 0.25) is 0 Å². The third-order valence-electron chi connectivity index (χ3n) is 15.1. The Balaban J connectivity index is 1.84. The molecule has 0 aliphatic carbocycles. The van der Waals surface area contributed by atoms with E-state index in [1.807, 2.05) is 0 Å². The van der Waals surface area contributed by atoms with Crippen LogP contribution in [0.4, 0.5) is 0 Å². The number of rotatable bonds is 27. The zero-order chi connectivity index (χ0) is 42.3. The van der Waals surface area contributed by atoms with Gasteiger partial charge in [-0.15, -0.1) is 0 Å². The summed E-state index contributed by atoms with van der Waals surface area (Å²) in [5.41, 5.74) is 0.480. The van der Waals surface area contributed by atoms with Crippen LogP contribution in [0.2, 0.25) is 54.9 Å². The highest BCUT2D eigenvalue weighted by Gasteiger charge is 2.54. The quantitative estimate of drug-likeness (QED) is 0.0653. The highest BCUT2D eigenvalue weighted by atomic mass is 28.4. The van der Waals surface area contributed by atoms with Crippen molar-refractivity contribution in [1.82, 2.24) is 0 Å². The summed E-state index contributed by atoms with van der Waals surface area (Å²) in [4.78, 5) is 0. The number of unbranched alkanes of at least 4 members (excludes halogenated alkanes) is 14. The van der Waals surface area contributed by atoms with Crippen LogP contribution in [0.1, 0.15) is 190 Å². The molecule has 3 rings (SSSR count). The minimum Gasteiger partial charge on any atom is -0.411 e. The van der Waals surface area contributed by atoms with Gasteiger partial charge in [-0.3, -0.25) is 0 Å². The fraction of sp³-hybridized carbons (Fsp3) is 0.880. The molecule has 1 aromatic carbocycles. The van der Waals surface area contributed by atoms with Crippen LogP contribution >= 0.6 is 0 Å². The minimum absolute atomic E-state index is 0.106. The Hall–Kier alpha value is -0.289. The molecule has 2 saturated heterocycles. The molecule has 2 fully saturated rings. The van der Waals surface area contributed by atoms with Crippen LogP contribution in [0, 0.1) is 0 Å². The summed E-state index contributed by atoms with van der Waals surface area (Å²) < 4.78 is 29.6. The Kier molecular flexibility index (Phi) is 21.3. The molecule has 0 N–H and O–H groups in total. The second kappa shape index (κ2) is 23.8. The standard InChI is InChI=1S/C50H96O4Si3/c1-15-17-19-21-23-25-27-32-36-44(53-56(11,12)49(3,4)5)42-38-39-43(51-42)46-40-47(55(9,10)41-34-30-29-31-35-41)48(52-46)45(54-57(13,14)50(6,7)8)37-33-28-26-24-22-20-18-16-2/h29-31,34-35,42-48H,15-28,32-33,36-40H2,1-14H3/t42-,43-,44-,45+,46-,47+,48-/m1/s1. The fourth-order valence-electron chi connectivity index (χ4n) is 9.03. The zero-order valence-corrected chi connectivity index (χ0v) is 43.4. The summed E-state index contributed by atoms with van der Waals surface area (Å²) in [6, 6.07) is 11.5. The first-order chi connectivity index (χ1) is 26.7. The Morgan fingerprint density at radius 1 is 0.561 bits per heavy atom. The zero-order valence-electron chi connectivity index (χ0n) is 40.4. The maximum atomic E-state index is 7.54. The molecule has 0 unspecified atom stereocenters. The molecule has 0 radical (unpaired) electrons. The van der Waals surface area contributed by atoms with Crippen LogP contribution in [-0.2, 0) is 18.3 Å². The smallest absolute Gasteiger partial charge is 0.192 e. The summed E-state index contributed by atoms with van der Waals surface area (Å²) in [6.07, 6.45) is 27.7. The molecule has 0 amide bonds. The second-order valence-corrected chi connectivity index (χ2v) is 36.5. The Bertz CT molecular complexity index is 1220. The molecule has 0 spiro atoms. The van der Waals surface area contributed by atoms with Crippen LogP contribution in [0.25, 0.3) is 0 Å². The van der Waals surface area contributed by atoms with Crippen LogP contribution in [0.3, 0.4) is 0 Å². The molecule has 4 nitrogen and oxygen atoms in total. The SMILES string of the molecule is CCCCCCCCCC[C@H](O[Si](C)(C)C(C)(C)C)[C@H]1O[C@@H]([C@H]2CC[C@H]([C@@H](CCCCCCCCCC)O[Si](C)(C)C(C)(C)C)O2)C[C@@H]1[Si](C)(C)c1ccccc1. The molecule has 7 heteroatoms. The summed E-state index contributed by atoms with van der Waals surface area (Å²) in [6.45, 7) is 33.9. The third-order valence-corrected chi connectivity index (χ3v) is 28.4. The van der Waals surface area contributed by atoms with Crippen molar-refractivity contribution in [2.45, 2.75) is 282 Å². The maximum Gasteiger partial charge on any atom is 0.192 e. The first-order valence-electron chi connectivity index (χ1n) is 24.5. The van der Waals surface area contributed by atoms with Gasteiger partial charge >= 0.3 is 0 Å². The van der Waals surface area contributed by atoms with E-state index in [1.54, 1.807) is 5.19 Å². The van der Waals surface area contributed by atoms with Gasteiger partial charge in [0.15, 0.2) is 16.6 Å². The van der Waals surface area contributed by atoms with E-state index in [1.165, 1.54) is 103 Å². The van der Waals surface area contributed by atoms with Gasteiger partial charge < -0.3 is 18.3 Å². The van der Waals surface area contributed by atoms with Crippen molar-refractivity contribution in [3.8, 4) is 0 Å². The molecule has 2 heterocycles. The maximum absolute atomic E-state index is 7.54. The van der Waals surface area contributed by atoms with E-state index >= 15 is 0 Å². The van der Waals surface area contributed by atoms with Crippen LogP contribution < -0.4 is 5.19 Å². The molecule has 57 heavy (non-hydrogen) atoms. The molecular weight excluding hydrogens is 749 g/mol. The highest BCUT2D eigenvalue weighted by molar-refractivity contribution is 6.91. The Morgan fingerprint density at radius 2 is 1.00 bits per heavy atom. The lowest BCUT2D eigenvalue weighted by Crippen LogP contribution is -2.53. The molecule has 7 atom stereocenters. The Morgan fingerprint density at radius 3 is 1.47 bits per heavy atom. The van der Waals surface area contributed by atoms with E-state index in [0.717, 1.165) is 32.1 Å². The number of hydrogen-bond donors (Lipinski definition) is 0. The van der Waals surface area contributed by atoms with Gasteiger partial charge in [-0.05, 0) is 73.9 Å². The van der Waals surface area contributed by atoms with Crippen LogP contribution in [0.15, 0.2) is 30.3 Å². The van der Waals surface area contributed by atoms with Crippen molar-refractivity contribution >= 4 is 29.9 Å². The largest absolute Gasteiger partial charge is 0.411 e. The van der Waals surface area contributed by atoms with Crippen LogP contribution in [-0.4, -0.2) is 61.3 Å². The molecular formula is C50H96O4Si3. The minimum atomic E-state index is -2.05. The molecule has 1 aromatic rings. The van der Waals surface area contributed by atoms with Crippen molar-refractivity contribution in [2.24, 2.45) is 0 Å². The van der Waals surface area contributed by atoms with E-state index in [-0.39, 0.29) is 46.7 Å². The van der Waals surface area contributed by atoms with E-state index in [2.05, 4.69) is 125 Å². The predicted octanol–water partition coefficient (Wildman–Crippen LogP) is 15.5. The molecule has 2 aliphatic heterocycles. The number of hydrogen-bond acceptors (Lipinski definition) is 4. The summed E-state index contributed by atoms with van der Waals surface area (Å²) in [5.74, 6) is 0. The number of ether oxygens (including phenoxy) is 2. The average molecular weight is 846 g/mol. The van der Waals surface area contributed by atoms with E-state index < -0.39 is 24.7 Å². The van der Waals surface area contributed by atoms with Gasteiger partial charge in [0.05, 0.1) is 44.7 Å². The van der Waals surface area contributed by atoms with E-state index in [0.29, 0.717) is 5.54 Å². The second-order valence-electron chi connectivity index (χ2n) is 22.2. The topological polar surface area (TPSA) is 36.9 Å². The lowest BCUT2D eigenvalue weighted by molar-refractivity contribution is -0.107. The van der Waals surface area contributed by atoms with E-state index in [9.17, 15) is 0 Å². The van der Waals surface area contributed by atoms with Gasteiger partial charge in [-0.25, -0.2) is 0 Å². The summed E-state index contributed by atoms with van der Waals surface area (Å²) in [5, 5.41) is 1.88. The van der Waals surface area contributed by atoms with Gasteiger partial charge in [0.25, 0.3) is 0 Å². The van der Waals surface area contributed by atoms with Crippen molar-refractivity contribution < 1.29 is 18.3 Å². The average Bonchev–Trinajstić information content (AvgIpc) is 3.81. The van der Waals surface area contributed by atoms with Gasteiger partial charge in [-0.1, -0.05) is 207 Å². The molecule has 332 valence electrons. The lowest BCUT2D eigenvalue weighted by atomic mass is 10.00. The summed E-state index contributed by atoms with van der Waals surface area (Å²) in [7, 11) is -5.96. The third kappa shape index (κ3) is 15.8. The highest BCUT2D eigenvalue weighted by Crippen LogP contribution is 2.48. The first-order valence-corrected chi connectivity index (χ1v) is 33.4. The van der Waals surface area contributed by atoms with Crippen LogP contribution in [0.5, 0.6) is 0 Å². The van der Waals surface area contributed by atoms with Gasteiger partial charge in [0, 0.05) is 0 Å². The first kappa shape index (κ1) is 51.1. The lowest BCUT2D eigenvalue weighted by Gasteiger charge is -2.43. The van der Waals surface area contributed by atoms with Gasteiger partial charge in [-0.2, -0.15) is 0 Å². The van der Waals surface area contributed by atoms with Crippen molar-refractivity contribution in [3.05, 3.63) is 30.3 Å². The van der Waals surface area contributed by atoms with Crippen molar-refractivity contribution in [3.63, 3.8) is 0 Å². The molecule has 2 aliphatic rings. The van der Waals surface area contributed by atoms with Gasteiger partial charge in [0.1, 0.15) is 0 Å². The molecule has 0 bridgehead atoms. The van der Waals surface area contributed by atoms with E-state index in [4.69, 9.17) is 18.3 Å². The predicted molar refractivity (Wildman–Crippen MR) is 257 cm³/mol. The summed E-state index contributed by atoms with van der Waals surface area (Å²) >= 11 is 0. The normalized spacial score (nSPS) is 23.6. The van der Waals surface area contributed by atoms with Crippen molar-refractivity contribution in [2.75, 3.05) is 0 Å². The van der Waals surface area contributed by atoms with Crippen molar-refractivity contribution in [1.29, 1.82) is 0 Å². The number of benzene rings is 1. The molecule has 0 aromatic heterocycles. The Labute approximate surface area is 358 Å². The monoisotopic (exact) mass is 845 g/mol.